The van der Waals surface area contributed by atoms with Gasteiger partial charge in [-0.05, 0) is 31.9 Å². The van der Waals surface area contributed by atoms with Crippen molar-refractivity contribution >= 4 is 18.3 Å². The molecule has 2 N–H and O–H groups in total. The number of nitrogens with two attached hydrogens (primary N) is 1. The Balaban J connectivity index is 0.00000220. The molecule has 118 valence electrons. The molecule has 1 saturated heterocycles. The van der Waals surface area contributed by atoms with Crippen LogP contribution in [-0.2, 0) is 0 Å². The minimum absolute atomic E-state index is 0. The molecule has 1 heterocycles. The predicted octanol–water partition coefficient (Wildman–Crippen LogP) is 2.00. The van der Waals surface area contributed by atoms with Gasteiger partial charge in [0.15, 0.2) is 0 Å². The number of amides is 1. The van der Waals surface area contributed by atoms with Crippen molar-refractivity contribution in [1.29, 1.82) is 0 Å². The van der Waals surface area contributed by atoms with Gasteiger partial charge in [0.25, 0.3) is 5.91 Å². The standard InChI is InChI=1S/C15H22N2O3.ClH/c1-10-13(19-2)7-11(8-14(10)20-3)15(18)17-6-4-5-12(16)9-17;/h7-8,12H,4-6,9,16H2,1-3H3;1H/t12-;/m1./s1. The third-order valence-electron chi connectivity index (χ3n) is 3.74. The molecular formula is C15H23ClN2O3. The first-order chi connectivity index (χ1) is 9.56. The van der Waals surface area contributed by atoms with Gasteiger partial charge in [0.05, 0.1) is 14.2 Å². The fraction of sp³-hybridized carbons (Fsp3) is 0.533. The summed E-state index contributed by atoms with van der Waals surface area (Å²) in [6.07, 6.45) is 1.93. The van der Waals surface area contributed by atoms with Crippen molar-refractivity contribution in [3.8, 4) is 11.5 Å². The second-order valence-corrected chi connectivity index (χ2v) is 5.16. The summed E-state index contributed by atoms with van der Waals surface area (Å²) in [5.41, 5.74) is 7.41. The maximum atomic E-state index is 12.6. The van der Waals surface area contributed by atoms with Gasteiger partial charge in [0.1, 0.15) is 11.5 Å². The number of halogens is 1. The number of carbonyl (C=O) groups excluding carboxylic acids is 1. The highest BCUT2D eigenvalue weighted by Crippen LogP contribution is 2.30. The number of piperidine rings is 1. The summed E-state index contributed by atoms with van der Waals surface area (Å²) in [5.74, 6) is 1.31. The summed E-state index contributed by atoms with van der Waals surface area (Å²) in [6, 6.07) is 3.60. The van der Waals surface area contributed by atoms with Crippen LogP contribution >= 0.6 is 12.4 Å². The average Bonchev–Trinajstić information content (AvgIpc) is 2.46. The number of hydrogen-bond donors (Lipinski definition) is 1. The maximum absolute atomic E-state index is 12.6. The van der Waals surface area contributed by atoms with E-state index in [4.69, 9.17) is 15.2 Å². The number of likely N-dealkylation sites (tertiary alicyclic amines) is 1. The molecule has 0 radical (unpaired) electrons. The zero-order valence-electron chi connectivity index (χ0n) is 12.7. The highest BCUT2D eigenvalue weighted by molar-refractivity contribution is 5.95. The van der Waals surface area contributed by atoms with Crippen molar-refractivity contribution in [2.45, 2.75) is 25.8 Å². The van der Waals surface area contributed by atoms with E-state index in [2.05, 4.69) is 0 Å². The second kappa shape index (κ2) is 7.52. The van der Waals surface area contributed by atoms with Crippen molar-refractivity contribution in [3.63, 3.8) is 0 Å². The van der Waals surface area contributed by atoms with E-state index in [0.717, 1.165) is 24.9 Å². The topological polar surface area (TPSA) is 64.8 Å². The Bertz CT molecular complexity index is 483. The van der Waals surface area contributed by atoms with Crippen molar-refractivity contribution in [3.05, 3.63) is 23.3 Å². The third kappa shape index (κ3) is 3.80. The van der Waals surface area contributed by atoms with E-state index in [1.165, 1.54) is 0 Å². The van der Waals surface area contributed by atoms with Crippen molar-refractivity contribution in [2.24, 2.45) is 5.73 Å². The lowest BCUT2D eigenvalue weighted by Crippen LogP contribution is -2.45. The number of ether oxygens (including phenoxy) is 2. The summed E-state index contributed by atoms with van der Waals surface area (Å²) in [5, 5.41) is 0. The van der Waals surface area contributed by atoms with Gasteiger partial charge in [-0.15, -0.1) is 12.4 Å². The molecule has 21 heavy (non-hydrogen) atoms. The van der Waals surface area contributed by atoms with Gasteiger partial charge in [-0.2, -0.15) is 0 Å². The molecular weight excluding hydrogens is 292 g/mol. The average molecular weight is 315 g/mol. The third-order valence-corrected chi connectivity index (χ3v) is 3.74. The van der Waals surface area contributed by atoms with Crippen LogP contribution in [0.5, 0.6) is 11.5 Å². The van der Waals surface area contributed by atoms with Gasteiger partial charge < -0.3 is 20.1 Å². The summed E-state index contributed by atoms with van der Waals surface area (Å²) in [4.78, 5) is 14.4. The largest absolute Gasteiger partial charge is 0.496 e. The number of hydrogen-bond acceptors (Lipinski definition) is 4. The Morgan fingerprint density at radius 3 is 2.33 bits per heavy atom. The summed E-state index contributed by atoms with van der Waals surface area (Å²) >= 11 is 0. The lowest BCUT2D eigenvalue weighted by Gasteiger charge is -2.31. The molecule has 1 aliphatic heterocycles. The van der Waals surface area contributed by atoms with E-state index in [0.29, 0.717) is 23.6 Å². The first-order valence-corrected chi connectivity index (χ1v) is 6.84. The van der Waals surface area contributed by atoms with Gasteiger partial charge in [-0.25, -0.2) is 0 Å². The van der Waals surface area contributed by atoms with Crippen molar-refractivity contribution in [2.75, 3.05) is 27.3 Å². The first kappa shape index (κ1) is 17.6. The first-order valence-electron chi connectivity index (χ1n) is 6.84. The van der Waals surface area contributed by atoms with Crippen molar-refractivity contribution in [1.82, 2.24) is 4.90 Å². The number of carbonyl (C=O) groups is 1. The Labute approximate surface area is 131 Å². The SMILES string of the molecule is COc1cc(C(=O)N2CCC[C@@H](N)C2)cc(OC)c1C.Cl. The van der Waals surface area contributed by atoms with Crippen LogP contribution in [0.25, 0.3) is 0 Å². The van der Waals surface area contributed by atoms with Gasteiger partial charge in [0, 0.05) is 30.3 Å². The number of benzene rings is 1. The fourth-order valence-electron chi connectivity index (χ4n) is 2.59. The number of methoxy groups -OCH3 is 2. The van der Waals surface area contributed by atoms with Crippen LogP contribution in [-0.4, -0.2) is 44.2 Å². The molecule has 0 aromatic heterocycles. The van der Waals surface area contributed by atoms with E-state index in [-0.39, 0.29) is 24.4 Å². The molecule has 1 fully saturated rings. The molecule has 0 saturated carbocycles. The van der Waals surface area contributed by atoms with Crippen LogP contribution in [0.3, 0.4) is 0 Å². The van der Waals surface area contributed by atoms with Crippen LogP contribution < -0.4 is 15.2 Å². The molecule has 1 aliphatic rings. The van der Waals surface area contributed by atoms with E-state index >= 15 is 0 Å². The normalized spacial score (nSPS) is 17.9. The van der Waals surface area contributed by atoms with E-state index in [1.807, 2.05) is 6.92 Å². The monoisotopic (exact) mass is 314 g/mol. The number of rotatable bonds is 3. The molecule has 5 nitrogen and oxygen atoms in total. The number of nitrogens with zero attached hydrogens (tertiary/aromatic N) is 1. The molecule has 1 aromatic carbocycles. The molecule has 0 spiro atoms. The van der Waals surface area contributed by atoms with E-state index < -0.39 is 0 Å². The quantitative estimate of drug-likeness (QED) is 0.926. The van der Waals surface area contributed by atoms with E-state index in [1.54, 1.807) is 31.3 Å². The Morgan fingerprint density at radius 2 is 1.86 bits per heavy atom. The van der Waals surface area contributed by atoms with E-state index in [9.17, 15) is 4.79 Å². The van der Waals surface area contributed by atoms with Gasteiger partial charge >= 0.3 is 0 Å². The molecule has 0 unspecified atom stereocenters. The molecule has 1 aromatic rings. The summed E-state index contributed by atoms with van der Waals surface area (Å²) in [6.45, 7) is 3.27. The van der Waals surface area contributed by atoms with Crippen LogP contribution in [0.4, 0.5) is 0 Å². The van der Waals surface area contributed by atoms with Gasteiger partial charge in [-0.1, -0.05) is 0 Å². The Morgan fingerprint density at radius 1 is 1.29 bits per heavy atom. The van der Waals surface area contributed by atoms with Crippen molar-refractivity contribution < 1.29 is 14.3 Å². The lowest BCUT2D eigenvalue weighted by molar-refractivity contribution is 0.0708. The lowest BCUT2D eigenvalue weighted by atomic mass is 10.0. The molecule has 6 heteroatoms. The molecule has 0 aliphatic carbocycles. The highest BCUT2D eigenvalue weighted by Gasteiger charge is 2.23. The van der Waals surface area contributed by atoms with Crippen LogP contribution in [0.1, 0.15) is 28.8 Å². The predicted molar refractivity (Wildman–Crippen MR) is 84.6 cm³/mol. The molecule has 1 atom stereocenters. The fourth-order valence-corrected chi connectivity index (χ4v) is 2.59. The molecule has 0 bridgehead atoms. The zero-order valence-corrected chi connectivity index (χ0v) is 13.5. The Hall–Kier alpha value is -1.46. The highest BCUT2D eigenvalue weighted by atomic mass is 35.5. The zero-order chi connectivity index (χ0) is 14.7. The summed E-state index contributed by atoms with van der Waals surface area (Å²) < 4.78 is 10.6. The van der Waals surface area contributed by atoms with Gasteiger partial charge in [-0.3, -0.25) is 4.79 Å². The summed E-state index contributed by atoms with van der Waals surface area (Å²) in [7, 11) is 3.18. The van der Waals surface area contributed by atoms with Crippen LogP contribution in [0, 0.1) is 6.92 Å². The molecule has 2 rings (SSSR count). The van der Waals surface area contributed by atoms with Crippen LogP contribution in [0.2, 0.25) is 0 Å². The minimum Gasteiger partial charge on any atom is -0.496 e. The smallest absolute Gasteiger partial charge is 0.254 e. The minimum atomic E-state index is -0.0169. The van der Waals surface area contributed by atoms with Gasteiger partial charge in [0.2, 0.25) is 0 Å². The maximum Gasteiger partial charge on any atom is 0.254 e. The van der Waals surface area contributed by atoms with Crippen LogP contribution in [0.15, 0.2) is 12.1 Å². The Kier molecular flexibility index (Phi) is 6.30. The molecule has 1 amide bonds. The second-order valence-electron chi connectivity index (χ2n) is 5.16.